The molecule has 0 unspecified atom stereocenters. The van der Waals surface area contributed by atoms with Crippen LogP contribution < -0.4 is 19.1 Å². The summed E-state index contributed by atoms with van der Waals surface area (Å²) in [6, 6.07) is 7.01. The van der Waals surface area contributed by atoms with Gasteiger partial charge in [0.1, 0.15) is 29.7 Å². The smallest absolute Gasteiger partial charge is 0.245 e. The number of carbonyl (C=O) groups excluding carboxylic acids is 1. The van der Waals surface area contributed by atoms with E-state index >= 15 is 0 Å². The highest BCUT2D eigenvalue weighted by Gasteiger charge is 2.24. The zero-order valence-electron chi connectivity index (χ0n) is 14.8. The van der Waals surface area contributed by atoms with Gasteiger partial charge in [0.2, 0.25) is 15.9 Å². The van der Waals surface area contributed by atoms with E-state index < -0.39 is 39.8 Å². The fourth-order valence-corrected chi connectivity index (χ4v) is 3.14. The molecule has 0 fully saturated rings. The second kappa shape index (κ2) is 8.21. The van der Waals surface area contributed by atoms with Crippen molar-refractivity contribution in [2.75, 3.05) is 36.6 Å². The summed E-state index contributed by atoms with van der Waals surface area (Å²) in [7, 11) is -1.15. The Morgan fingerprint density at radius 3 is 2.37 bits per heavy atom. The highest BCUT2D eigenvalue weighted by Crippen LogP contribution is 2.29. The van der Waals surface area contributed by atoms with Crippen LogP contribution in [0.15, 0.2) is 36.4 Å². The van der Waals surface area contributed by atoms with E-state index in [9.17, 15) is 22.0 Å². The molecule has 27 heavy (non-hydrogen) atoms. The Morgan fingerprint density at radius 2 is 1.81 bits per heavy atom. The van der Waals surface area contributed by atoms with E-state index in [1.165, 1.54) is 26.4 Å². The summed E-state index contributed by atoms with van der Waals surface area (Å²) in [6.45, 7) is -0.712. The minimum absolute atomic E-state index is 0.274. The van der Waals surface area contributed by atoms with E-state index in [0.717, 1.165) is 18.4 Å². The lowest BCUT2D eigenvalue weighted by Crippen LogP contribution is -2.38. The van der Waals surface area contributed by atoms with Gasteiger partial charge in [-0.25, -0.2) is 17.2 Å². The van der Waals surface area contributed by atoms with Gasteiger partial charge >= 0.3 is 0 Å². The van der Waals surface area contributed by atoms with Crippen LogP contribution in [0.2, 0.25) is 0 Å². The van der Waals surface area contributed by atoms with Crippen molar-refractivity contribution in [3.05, 3.63) is 48.0 Å². The van der Waals surface area contributed by atoms with Gasteiger partial charge in [-0.15, -0.1) is 0 Å². The van der Waals surface area contributed by atoms with E-state index in [1.54, 1.807) is 6.07 Å². The molecule has 7 nitrogen and oxygen atoms in total. The van der Waals surface area contributed by atoms with E-state index in [1.807, 2.05) is 0 Å². The first-order valence-corrected chi connectivity index (χ1v) is 9.45. The minimum atomic E-state index is -4.01. The third-order valence-electron chi connectivity index (χ3n) is 3.55. The standard InChI is InChI=1S/C17H18F2N2O5S/c1-25-12-5-6-14(16(9-12)26-2)20-17(22)10-21(27(3,23)24)15-7-4-11(18)8-13(15)19/h4-9H,10H2,1-3H3,(H,20,22). The van der Waals surface area contributed by atoms with Crippen LogP contribution in [0.3, 0.4) is 0 Å². The van der Waals surface area contributed by atoms with E-state index in [0.29, 0.717) is 21.9 Å². The zero-order valence-corrected chi connectivity index (χ0v) is 15.6. The van der Waals surface area contributed by atoms with E-state index in [-0.39, 0.29) is 5.69 Å². The number of rotatable bonds is 7. The SMILES string of the molecule is COc1ccc(NC(=O)CN(c2ccc(F)cc2F)S(C)(=O)=O)c(OC)c1. The first-order valence-electron chi connectivity index (χ1n) is 7.60. The molecule has 2 rings (SSSR count). The molecular weight excluding hydrogens is 382 g/mol. The summed E-state index contributed by atoms with van der Waals surface area (Å²) in [5, 5.41) is 2.49. The summed E-state index contributed by atoms with van der Waals surface area (Å²) in [6.07, 6.45) is 0.817. The maximum Gasteiger partial charge on any atom is 0.245 e. The molecule has 0 spiro atoms. The van der Waals surface area contributed by atoms with Gasteiger partial charge in [-0.3, -0.25) is 9.10 Å². The molecule has 0 heterocycles. The van der Waals surface area contributed by atoms with Gasteiger partial charge in [-0.2, -0.15) is 0 Å². The topological polar surface area (TPSA) is 84.9 Å². The molecule has 1 amide bonds. The molecule has 0 saturated heterocycles. The van der Waals surface area contributed by atoms with Gasteiger partial charge in [-0.05, 0) is 24.3 Å². The van der Waals surface area contributed by atoms with Gasteiger partial charge in [0, 0.05) is 12.1 Å². The number of anilines is 2. The molecule has 0 aromatic heterocycles. The Hall–Kier alpha value is -2.88. The van der Waals surface area contributed by atoms with Gasteiger partial charge in [0.05, 0.1) is 31.9 Å². The number of nitrogens with zero attached hydrogens (tertiary/aromatic N) is 1. The van der Waals surface area contributed by atoms with Crippen LogP contribution in [-0.2, 0) is 14.8 Å². The molecule has 1 N–H and O–H groups in total. The van der Waals surface area contributed by atoms with Gasteiger partial charge < -0.3 is 14.8 Å². The van der Waals surface area contributed by atoms with Crippen molar-refractivity contribution >= 4 is 27.3 Å². The molecule has 0 atom stereocenters. The molecule has 0 radical (unpaired) electrons. The largest absolute Gasteiger partial charge is 0.497 e. The van der Waals surface area contributed by atoms with Gasteiger partial charge in [0.25, 0.3) is 0 Å². The number of nitrogens with one attached hydrogen (secondary N) is 1. The maximum atomic E-state index is 14.0. The first kappa shape index (κ1) is 20.4. The van der Waals surface area contributed by atoms with Gasteiger partial charge in [-0.1, -0.05) is 0 Å². The molecule has 0 aliphatic rings. The van der Waals surface area contributed by atoms with E-state index in [2.05, 4.69) is 5.32 Å². The zero-order chi connectivity index (χ0) is 20.2. The lowest BCUT2D eigenvalue weighted by Gasteiger charge is -2.22. The summed E-state index contributed by atoms with van der Waals surface area (Å²) >= 11 is 0. The molecular formula is C17H18F2N2O5S. The Bertz CT molecular complexity index is 950. The number of sulfonamides is 1. The van der Waals surface area contributed by atoms with Crippen molar-refractivity contribution < 1.29 is 31.5 Å². The predicted molar refractivity (Wildman–Crippen MR) is 96.7 cm³/mol. The maximum absolute atomic E-state index is 14.0. The highest BCUT2D eigenvalue weighted by molar-refractivity contribution is 7.92. The number of carbonyl (C=O) groups is 1. The lowest BCUT2D eigenvalue weighted by atomic mass is 10.2. The molecule has 0 bridgehead atoms. The van der Waals surface area contributed by atoms with Crippen LogP contribution >= 0.6 is 0 Å². The third kappa shape index (κ3) is 5.07. The number of ether oxygens (including phenoxy) is 2. The van der Waals surface area contributed by atoms with Crippen LogP contribution in [0.25, 0.3) is 0 Å². The number of hydrogen-bond donors (Lipinski definition) is 1. The van der Waals surface area contributed by atoms with Crippen molar-refractivity contribution in [3.63, 3.8) is 0 Å². The Balaban J connectivity index is 2.27. The van der Waals surface area contributed by atoms with Crippen molar-refractivity contribution in [3.8, 4) is 11.5 Å². The van der Waals surface area contributed by atoms with Crippen molar-refractivity contribution in [1.82, 2.24) is 0 Å². The highest BCUT2D eigenvalue weighted by atomic mass is 32.2. The summed E-state index contributed by atoms with van der Waals surface area (Å²) in [4.78, 5) is 12.3. The quantitative estimate of drug-likeness (QED) is 0.772. The average Bonchev–Trinajstić information content (AvgIpc) is 2.59. The minimum Gasteiger partial charge on any atom is -0.497 e. The Morgan fingerprint density at radius 1 is 1.11 bits per heavy atom. The van der Waals surface area contributed by atoms with Crippen LogP contribution in [0, 0.1) is 11.6 Å². The second-order valence-corrected chi connectivity index (χ2v) is 7.39. The fourth-order valence-electron chi connectivity index (χ4n) is 2.29. The Labute approximate surface area is 155 Å². The molecule has 0 aliphatic heterocycles. The molecule has 2 aromatic rings. The number of hydrogen-bond acceptors (Lipinski definition) is 5. The second-order valence-electron chi connectivity index (χ2n) is 5.48. The molecule has 2 aromatic carbocycles. The molecule has 10 heteroatoms. The summed E-state index contributed by atoms with van der Waals surface area (Å²) in [5.41, 5.74) is -0.160. The van der Waals surface area contributed by atoms with Crippen molar-refractivity contribution in [2.45, 2.75) is 0 Å². The number of methoxy groups -OCH3 is 2. The normalized spacial score (nSPS) is 11.0. The molecule has 146 valence electrons. The molecule has 0 saturated carbocycles. The lowest BCUT2D eigenvalue weighted by molar-refractivity contribution is -0.114. The number of benzene rings is 2. The summed E-state index contributed by atoms with van der Waals surface area (Å²) in [5.74, 6) is -1.92. The fraction of sp³-hybridized carbons (Fsp3) is 0.235. The van der Waals surface area contributed by atoms with Crippen molar-refractivity contribution in [1.29, 1.82) is 0 Å². The number of amides is 1. The summed E-state index contributed by atoms with van der Waals surface area (Å²) < 4.78 is 61.9. The van der Waals surface area contributed by atoms with Crippen LogP contribution in [0.1, 0.15) is 0 Å². The monoisotopic (exact) mass is 400 g/mol. The predicted octanol–water partition coefficient (Wildman–Crippen LogP) is 2.39. The first-order chi connectivity index (χ1) is 12.7. The van der Waals surface area contributed by atoms with E-state index in [4.69, 9.17) is 9.47 Å². The van der Waals surface area contributed by atoms with Crippen LogP contribution in [0.5, 0.6) is 11.5 Å². The molecule has 0 aliphatic carbocycles. The van der Waals surface area contributed by atoms with Gasteiger partial charge in [0.15, 0.2) is 0 Å². The third-order valence-corrected chi connectivity index (χ3v) is 4.68. The average molecular weight is 400 g/mol. The number of halogens is 2. The van der Waals surface area contributed by atoms with Crippen LogP contribution in [0.4, 0.5) is 20.2 Å². The van der Waals surface area contributed by atoms with Crippen LogP contribution in [-0.4, -0.2) is 41.3 Å². The van der Waals surface area contributed by atoms with Crippen molar-refractivity contribution in [2.24, 2.45) is 0 Å². The Kier molecular flexibility index (Phi) is 6.21.